The highest BCUT2D eigenvalue weighted by atomic mass is 127. The third-order valence-electron chi connectivity index (χ3n) is 2.46. The molecule has 7 nitrogen and oxygen atoms in total. The Morgan fingerprint density at radius 1 is 1.15 bits per heavy atom. The van der Waals surface area contributed by atoms with Crippen molar-refractivity contribution in [2.45, 2.75) is 0 Å². The summed E-state index contributed by atoms with van der Waals surface area (Å²) in [7, 11) is 0. The highest BCUT2D eigenvalue weighted by Gasteiger charge is 2.18. The van der Waals surface area contributed by atoms with Crippen LogP contribution in [0.1, 0.15) is 11.3 Å². The van der Waals surface area contributed by atoms with Gasteiger partial charge in [-0.3, -0.25) is 19.9 Å². The second-order valence-corrected chi connectivity index (χ2v) is 4.94. The largest absolute Gasteiger partial charge is 0.357 e. The van der Waals surface area contributed by atoms with Gasteiger partial charge in [-0.05, 0) is 40.3 Å². The van der Waals surface area contributed by atoms with Crippen molar-refractivity contribution in [1.29, 1.82) is 0 Å². The normalized spacial score (nSPS) is 10.8. The molecule has 1 heterocycles. The zero-order valence-electron chi connectivity index (χ0n) is 9.92. The van der Waals surface area contributed by atoms with Crippen molar-refractivity contribution in [2.75, 3.05) is 0 Å². The molecule has 0 unspecified atom stereocenters. The first-order chi connectivity index (χ1) is 9.49. The second-order valence-electron chi connectivity index (χ2n) is 3.78. The fourth-order valence-corrected chi connectivity index (χ4v) is 2.15. The minimum atomic E-state index is -1.03. The molecule has 1 aromatic carbocycles. The monoisotopic (exact) mass is 385 g/mol. The maximum Gasteiger partial charge on any atom is 0.357 e. The van der Waals surface area contributed by atoms with E-state index in [1.165, 1.54) is 6.08 Å². The minimum Gasteiger partial charge on any atom is -0.301 e. The van der Waals surface area contributed by atoms with Crippen molar-refractivity contribution in [2.24, 2.45) is 0 Å². The number of halogens is 1. The molecule has 0 amide bonds. The van der Waals surface area contributed by atoms with Crippen molar-refractivity contribution in [3.8, 4) is 0 Å². The van der Waals surface area contributed by atoms with Crippen LogP contribution in [0, 0.1) is 13.7 Å². The molecule has 0 fully saturated rings. The Labute approximate surface area is 125 Å². The molecule has 0 aliphatic rings. The van der Waals surface area contributed by atoms with Gasteiger partial charge >= 0.3 is 16.9 Å². The molecule has 0 radical (unpaired) electrons. The third-order valence-corrected chi connectivity index (χ3v) is 3.45. The predicted octanol–water partition coefficient (Wildman–Crippen LogP) is 1.75. The van der Waals surface area contributed by atoms with Crippen LogP contribution >= 0.6 is 22.6 Å². The summed E-state index contributed by atoms with van der Waals surface area (Å²) in [6.45, 7) is 0. The van der Waals surface area contributed by atoms with E-state index in [-0.39, 0.29) is 5.69 Å². The van der Waals surface area contributed by atoms with E-state index in [2.05, 4.69) is 27.6 Å². The molecule has 0 aliphatic heterocycles. The molecule has 0 saturated carbocycles. The predicted molar refractivity (Wildman–Crippen MR) is 82.4 cm³/mol. The topological polar surface area (TPSA) is 109 Å². The fourth-order valence-electron chi connectivity index (χ4n) is 1.58. The van der Waals surface area contributed by atoms with Gasteiger partial charge in [0.15, 0.2) is 0 Å². The number of nitro groups is 1. The van der Waals surface area contributed by atoms with Gasteiger partial charge in [0.2, 0.25) is 0 Å². The van der Waals surface area contributed by atoms with Gasteiger partial charge in [-0.1, -0.05) is 24.3 Å². The highest BCUT2D eigenvalue weighted by Crippen LogP contribution is 2.16. The standard InChI is InChI=1S/C12H8IN3O4/c13-8-4-2-1-3-7(8)5-6-9-10(16(19)20)11(17)15-12(18)14-9/h1-6H,(H2,14,15,17,18). The van der Waals surface area contributed by atoms with Gasteiger partial charge < -0.3 is 4.98 Å². The first-order valence-corrected chi connectivity index (χ1v) is 6.50. The average molecular weight is 385 g/mol. The van der Waals surface area contributed by atoms with Crippen LogP contribution in [0.15, 0.2) is 33.9 Å². The number of nitrogens with zero attached hydrogens (tertiary/aromatic N) is 1. The van der Waals surface area contributed by atoms with E-state index in [9.17, 15) is 19.7 Å². The average Bonchev–Trinajstić information content (AvgIpc) is 2.36. The molecule has 0 aliphatic carbocycles. The van der Waals surface area contributed by atoms with Crippen molar-refractivity contribution in [3.05, 3.63) is 70.0 Å². The van der Waals surface area contributed by atoms with E-state index in [4.69, 9.17) is 0 Å². The molecule has 20 heavy (non-hydrogen) atoms. The molecule has 0 bridgehead atoms. The Bertz CT molecular complexity index is 807. The minimum absolute atomic E-state index is 0.136. The van der Waals surface area contributed by atoms with Crippen LogP contribution in [0.4, 0.5) is 5.69 Å². The van der Waals surface area contributed by atoms with E-state index >= 15 is 0 Å². The third kappa shape index (κ3) is 3.02. The number of rotatable bonds is 3. The molecule has 0 spiro atoms. The maximum absolute atomic E-state index is 11.4. The summed E-state index contributed by atoms with van der Waals surface area (Å²) >= 11 is 2.11. The van der Waals surface area contributed by atoms with Gasteiger partial charge in [0, 0.05) is 3.57 Å². The summed E-state index contributed by atoms with van der Waals surface area (Å²) in [5.41, 5.74) is -1.82. The first kappa shape index (κ1) is 14.2. The number of nitrogens with one attached hydrogen (secondary N) is 2. The number of aromatic nitrogens is 2. The SMILES string of the molecule is O=c1[nH]c(C=Cc2ccccc2I)c([N+](=O)[O-])c(=O)[nH]1. The van der Waals surface area contributed by atoms with Crippen LogP contribution in [0.3, 0.4) is 0 Å². The summed E-state index contributed by atoms with van der Waals surface area (Å²) in [6.07, 6.45) is 2.94. The number of H-pyrrole nitrogens is 2. The molecule has 0 atom stereocenters. The fraction of sp³-hybridized carbons (Fsp3) is 0. The molecule has 0 saturated heterocycles. The Kier molecular flexibility index (Phi) is 4.13. The Morgan fingerprint density at radius 2 is 1.85 bits per heavy atom. The van der Waals surface area contributed by atoms with Gasteiger partial charge in [0.05, 0.1) is 4.92 Å². The lowest BCUT2D eigenvalue weighted by atomic mass is 10.2. The van der Waals surface area contributed by atoms with Gasteiger partial charge in [-0.25, -0.2) is 4.79 Å². The van der Waals surface area contributed by atoms with Crippen LogP contribution in [-0.4, -0.2) is 14.9 Å². The van der Waals surface area contributed by atoms with Gasteiger partial charge in [-0.15, -0.1) is 0 Å². The first-order valence-electron chi connectivity index (χ1n) is 5.42. The summed E-state index contributed by atoms with van der Waals surface area (Å²) in [4.78, 5) is 36.7. The van der Waals surface area contributed by atoms with E-state index < -0.39 is 21.9 Å². The Hall–Kier alpha value is -2.23. The van der Waals surface area contributed by atoms with Crippen molar-refractivity contribution in [1.82, 2.24) is 9.97 Å². The highest BCUT2D eigenvalue weighted by molar-refractivity contribution is 14.1. The zero-order chi connectivity index (χ0) is 14.7. The molecular weight excluding hydrogens is 377 g/mol. The number of hydrogen-bond donors (Lipinski definition) is 2. The number of benzene rings is 1. The van der Waals surface area contributed by atoms with Crippen LogP contribution in [0.2, 0.25) is 0 Å². The molecule has 2 rings (SSSR count). The Balaban J connectivity index is 2.54. The Morgan fingerprint density at radius 3 is 2.50 bits per heavy atom. The van der Waals surface area contributed by atoms with Gasteiger partial charge in [0.1, 0.15) is 5.69 Å². The van der Waals surface area contributed by atoms with Gasteiger partial charge in [-0.2, -0.15) is 0 Å². The summed E-state index contributed by atoms with van der Waals surface area (Å²) in [5, 5.41) is 10.9. The van der Waals surface area contributed by atoms with Crippen LogP contribution in [0.5, 0.6) is 0 Å². The summed E-state index contributed by atoms with van der Waals surface area (Å²) < 4.78 is 0.941. The molecular formula is C12H8IN3O4. The summed E-state index contributed by atoms with van der Waals surface area (Å²) in [6, 6.07) is 7.36. The van der Waals surface area contributed by atoms with Crippen molar-refractivity contribution < 1.29 is 4.92 Å². The number of aromatic amines is 2. The van der Waals surface area contributed by atoms with E-state index in [0.29, 0.717) is 0 Å². The lowest BCUT2D eigenvalue weighted by Gasteiger charge is -1.98. The van der Waals surface area contributed by atoms with Crippen LogP contribution in [-0.2, 0) is 0 Å². The quantitative estimate of drug-likeness (QED) is 0.477. The van der Waals surface area contributed by atoms with Gasteiger partial charge in [0.25, 0.3) is 0 Å². The van der Waals surface area contributed by atoms with Crippen LogP contribution in [0.25, 0.3) is 12.2 Å². The lowest BCUT2D eigenvalue weighted by molar-refractivity contribution is -0.386. The number of hydrogen-bond acceptors (Lipinski definition) is 4. The second kappa shape index (κ2) is 5.82. The lowest BCUT2D eigenvalue weighted by Crippen LogP contribution is -2.25. The molecule has 2 N–H and O–H groups in total. The molecule has 2 aromatic rings. The molecule has 1 aromatic heterocycles. The smallest absolute Gasteiger partial charge is 0.301 e. The van der Waals surface area contributed by atoms with E-state index in [1.54, 1.807) is 6.08 Å². The zero-order valence-corrected chi connectivity index (χ0v) is 12.1. The molecule has 8 heteroatoms. The van der Waals surface area contributed by atoms with E-state index in [0.717, 1.165) is 9.13 Å². The van der Waals surface area contributed by atoms with Crippen molar-refractivity contribution >= 4 is 40.4 Å². The molecule has 102 valence electrons. The summed E-state index contributed by atoms with van der Waals surface area (Å²) in [5.74, 6) is 0. The van der Waals surface area contributed by atoms with Crippen molar-refractivity contribution in [3.63, 3.8) is 0 Å². The van der Waals surface area contributed by atoms with Crippen LogP contribution < -0.4 is 11.2 Å². The maximum atomic E-state index is 11.4. The van der Waals surface area contributed by atoms with E-state index in [1.807, 2.05) is 29.2 Å².